The minimum Gasteiger partial charge on any atom is -0.376 e. The second kappa shape index (κ2) is 6.72. The minimum absolute atomic E-state index is 0.000886. The van der Waals surface area contributed by atoms with Crippen LogP contribution >= 0.6 is 0 Å². The van der Waals surface area contributed by atoms with Gasteiger partial charge in [0.2, 0.25) is 5.91 Å². The molecule has 1 amide bonds. The fourth-order valence-electron chi connectivity index (χ4n) is 1.38. The van der Waals surface area contributed by atoms with Gasteiger partial charge >= 0.3 is 0 Å². The maximum Gasteiger partial charge on any atom is 0.271 e. The van der Waals surface area contributed by atoms with Crippen LogP contribution in [0.2, 0.25) is 0 Å². The Morgan fingerprint density at radius 3 is 2.63 bits per heavy atom. The topological polar surface area (TPSA) is 84.3 Å². The van der Waals surface area contributed by atoms with Gasteiger partial charge in [-0.2, -0.15) is 0 Å². The van der Waals surface area contributed by atoms with Crippen LogP contribution in [0.5, 0.6) is 0 Å². The van der Waals surface area contributed by atoms with Crippen molar-refractivity contribution in [1.82, 2.24) is 5.32 Å². The lowest BCUT2D eigenvalue weighted by Crippen LogP contribution is -2.39. The first kappa shape index (κ1) is 14.9. The second-order valence-electron chi connectivity index (χ2n) is 4.76. The molecule has 0 spiro atoms. The van der Waals surface area contributed by atoms with Gasteiger partial charge in [-0.05, 0) is 18.9 Å². The van der Waals surface area contributed by atoms with Crippen LogP contribution in [0, 0.1) is 16.0 Å². The van der Waals surface area contributed by atoms with Crippen molar-refractivity contribution < 1.29 is 9.72 Å². The standard InChI is InChI=1S/C13H19N3O3/c1-9(2)10(3)15-13(17)8-14-11-5-4-6-12(7-11)16(18)19/h4-7,9-10,14H,8H2,1-3H3,(H,15,17). The molecule has 6 heteroatoms. The number of nitrogens with zero attached hydrogens (tertiary/aromatic N) is 1. The third-order valence-electron chi connectivity index (χ3n) is 2.90. The summed E-state index contributed by atoms with van der Waals surface area (Å²) in [6.45, 7) is 6.09. The molecule has 104 valence electrons. The summed E-state index contributed by atoms with van der Waals surface area (Å²) in [7, 11) is 0. The van der Waals surface area contributed by atoms with Crippen LogP contribution in [-0.2, 0) is 4.79 Å². The Labute approximate surface area is 112 Å². The van der Waals surface area contributed by atoms with Gasteiger partial charge in [0, 0.05) is 23.9 Å². The number of amides is 1. The van der Waals surface area contributed by atoms with Crippen LogP contribution in [0.4, 0.5) is 11.4 Å². The van der Waals surface area contributed by atoms with Gasteiger partial charge in [0.25, 0.3) is 5.69 Å². The van der Waals surface area contributed by atoms with Gasteiger partial charge < -0.3 is 10.6 Å². The number of carbonyl (C=O) groups is 1. The zero-order valence-electron chi connectivity index (χ0n) is 11.3. The van der Waals surface area contributed by atoms with E-state index in [2.05, 4.69) is 10.6 Å². The molecule has 0 heterocycles. The van der Waals surface area contributed by atoms with Crippen molar-refractivity contribution in [3.8, 4) is 0 Å². The molecule has 1 aromatic carbocycles. The molecule has 0 aliphatic carbocycles. The quantitative estimate of drug-likeness (QED) is 0.610. The lowest BCUT2D eigenvalue weighted by atomic mass is 10.1. The Balaban J connectivity index is 2.50. The Kier molecular flexibility index (Phi) is 5.29. The number of hydrogen-bond acceptors (Lipinski definition) is 4. The molecule has 0 fully saturated rings. The van der Waals surface area contributed by atoms with E-state index >= 15 is 0 Å². The number of nitro groups is 1. The van der Waals surface area contributed by atoms with Gasteiger partial charge in [-0.3, -0.25) is 14.9 Å². The molecular weight excluding hydrogens is 246 g/mol. The zero-order valence-corrected chi connectivity index (χ0v) is 11.3. The molecule has 0 aliphatic rings. The van der Waals surface area contributed by atoms with Gasteiger partial charge in [-0.1, -0.05) is 19.9 Å². The molecule has 6 nitrogen and oxygen atoms in total. The summed E-state index contributed by atoms with van der Waals surface area (Å²) >= 11 is 0. The second-order valence-corrected chi connectivity index (χ2v) is 4.76. The SMILES string of the molecule is CC(C)C(C)NC(=O)CNc1cccc([N+](=O)[O-])c1. The lowest BCUT2D eigenvalue weighted by Gasteiger charge is -2.17. The summed E-state index contributed by atoms with van der Waals surface area (Å²) < 4.78 is 0. The number of carbonyl (C=O) groups excluding carboxylic acids is 1. The molecular formula is C13H19N3O3. The van der Waals surface area contributed by atoms with Crippen molar-refractivity contribution in [2.24, 2.45) is 5.92 Å². The number of hydrogen-bond donors (Lipinski definition) is 2. The summed E-state index contributed by atoms with van der Waals surface area (Å²) in [6.07, 6.45) is 0. The zero-order chi connectivity index (χ0) is 14.4. The molecule has 0 radical (unpaired) electrons. The van der Waals surface area contributed by atoms with Crippen LogP contribution in [0.15, 0.2) is 24.3 Å². The summed E-state index contributed by atoms with van der Waals surface area (Å²) in [5.74, 6) is 0.231. The molecule has 19 heavy (non-hydrogen) atoms. The van der Waals surface area contributed by atoms with E-state index in [-0.39, 0.29) is 24.2 Å². The highest BCUT2D eigenvalue weighted by atomic mass is 16.6. The Morgan fingerprint density at radius 2 is 2.05 bits per heavy atom. The fourth-order valence-corrected chi connectivity index (χ4v) is 1.38. The molecule has 2 N–H and O–H groups in total. The summed E-state index contributed by atoms with van der Waals surface area (Å²) in [6, 6.07) is 6.17. The van der Waals surface area contributed by atoms with E-state index < -0.39 is 4.92 Å². The van der Waals surface area contributed by atoms with Gasteiger partial charge in [0.05, 0.1) is 11.5 Å². The number of rotatable bonds is 6. The van der Waals surface area contributed by atoms with E-state index in [1.54, 1.807) is 12.1 Å². The van der Waals surface area contributed by atoms with Crippen molar-refractivity contribution >= 4 is 17.3 Å². The predicted molar refractivity (Wildman–Crippen MR) is 74.0 cm³/mol. The first-order chi connectivity index (χ1) is 8.90. The van der Waals surface area contributed by atoms with Crippen LogP contribution in [0.25, 0.3) is 0 Å². The Bertz CT molecular complexity index is 460. The first-order valence-corrected chi connectivity index (χ1v) is 6.18. The van der Waals surface area contributed by atoms with Gasteiger partial charge in [0.15, 0.2) is 0 Å². The smallest absolute Gasteiger partial charge is 0.271 e. The van der Waals surface area contributed by atoms with Crippen LogP contribution in [0.1, 0.15) is 20.8 Å². The maximum atomic E-state index is 11.6. The van der Waals surface area contributed by atoms with Gasteiger partial charge in [-0.25, -0.2) is 0 Å². The highest BCUT2D eigenvalue weighted by Gasteiger charge is 2.11. The third kappa shape index (κ3) is 4.95. The molecule has 1 rings (SSSR count). The van der Waals surface area contributed by atoms with E-state index in [9.17, 15) is 14.9 Å². The van der Waals surface area contributed by atoms with Crippen LogP contribution < -0.4 is 10.6 Å². The van der Waals surface area contributed by atoms with Crippen LogP contribution in [-0.4, -0.2) is 23.4 Å². The van der Waals surface area contributed by atoms with E-state index in [4.69, 9.17) is 0 Å². The maximum absolute atomic E-state index is 11.6. The van der Waals surface area contributed by atoms with Crippen molar-refractivity contribution in [2.45, 2.75) is 26.8 Å². The minimum atomic E-state index is -0.466. The largest absolute Gasteiger partial charge is 0.376 e. The first-order valence-electron chi connectivity index (χ1n) is 6.18. The normalized spacial score (nSPS) is 12.0. The number of anilines is 1. The molecule has 1 aromatic rings. The molecule has 0 saturated heterocycles. The average Bonchev–Trinajstić information content (AvgIpc) is 2.36. The highest BCUT2D eigenvalue weighted by Crippen LogP contribution is 2.16. The number of nitrogens with one attached hydrogen (secondary N) is 2. The van der Waals surface area contributed by atoms with E-state index in [0.717, 1.165) is 0 Å². The van der Waals surface area contributed by atoms with E-state index in [0.29, 0.717) is 11.6 Å². The summed E-state index contributed by atoms with van der Waals surface area (Å²) in [4.78, 5) is 21.8. The Hall–Kier alpha value is -2.11. The van der Waals surface area contributed by atoms with Gasteiger partial charge in [-0.15, -0.1) is 0 Å². The fraction of sp³-hybridized carbons (Fsp3) is 0.462. The monoisotopic (exact) mass is 265 g/mol. The van der Waals surface area contributed by atoms with Gasteiger partial charge in [0.1, 0.15) is 0 Å². The average molecular weight is 265 g/mol. The number of nitro benzene ring substituents is 1. The summed E-state index contributed by atoms with van der Waals surface area (Å²) in [5, 5.41) is 16.3. The van der Waals surface area contributed by atoms with Crippen molar-refractivity contribution in [3.63, 3.8) is 0 Å². The van der Waals surface area contributed by atoms with E-state index in [1.807, 2.05) is 20.8 Å². The summed E-state index contributed by atoms with van der Waals surface area (Å²) in [5.41, 5.74) is 0.558. The lowest BCUT2D eigenvalue weighted by molar-refractivity contribution is -0.384. The van der Waals surface area contributed by atoms with E-state index in [1.165, 1.54) is 12.1 Å². The molecule has 0 saturated carbocycles. The third-order valence-corrected chi connectivity index (χ3v) is 2.90. The molecule has 0 bridgehead atoms. The number of non-ortho nitro benzene ring substituents is 1. The highest BCUT2D eigenvalue weighted by molar-refractivity contribution is 5.81. The van der Waals surface area contributed by atoms with Crippen molar-refractivity contribution in [1.29, 1.82) is 0 Å². The Morgan fingerprint density at radius 1 is 1.37 bits per heavy atom. The molecule has 0 aromatic heterocycles. The number of benzene rings is 1. The molecule has 0 aliphatic heterocycles. The van der Waals surface area contributed by atoms with Crippen LogP contribution in [0.3, 0.4) is 0 Å². The molecule has 1 atom stereocenters. The molecule has 1 unspecified atom stereocenters. The van der Waals surface area contributed by atoms with Crippen molar-refractivity contribution in [2.75, 3.05) is 11.9 Å². The predicted octanol–water partition coefficient (Wildman–Crippen LogP) is 2.17. The van der Waals surface area contributed by atoms with Crippen molar-refractivity contribution in [3.05, 3.63) is 34.4 Å².